The SMILES string of the molecule is O=C1CC2(CCCCC2)CC(=O)N1c1cc([N+](=O)[O-])cc([N+](=O)[O-])c1. The maximum Gasteiger partial charge on any atom is 0.278 e. The van der Waals surface area contributed by atoms with Gasteiger partial charge in [-0.1, -0.05) is 19.3 Å². The molecule has 2 fully saturated rings. The zero-order valence-electron chi connectivity index (χ0n) is 13.5. The molecule has 1 spiro atoms. The van der Waals surface area contributed by atoms with Crippen molar-refractivity contribution in [3.63, 3.8) is 0 Å². The van der Waals surface area contributed by atoms with Crippen LogP contribution in [-0.2, 0) is 9.59 Å². The Balaban J connectivity index is 1.96. The van der Waals surface area contributed by atoms with E-state index in [0.717, 1.165) is 55.2 Å². The molecule has 1 aromatic rings. The number of benzene rings is 1. The molecule has 1 aliphatic heterocycles. The summed E-state index contributed by atoms with van der Waals surface area (Å²) in [6, 6.07) is 2.87. The van der Waals surface area contributed by atoms with Gasteiger partial charge in [-0.15, -0.1) is 0 Å². The van der Waals surface area contributed by atoms with E-state index in [2.05, 4.69) is 0 Å². The quantitative estimate of drug-likeness (QED) is 0.470. The molecule has 0 radical (unpaired) electrons. The number of amides is 2. The van der Waals surface area contributed by atoms with Crippen LogP contribution >= 0.6 is 0 Å². The number of nitro benzene ring substituents is 2. The summed E-state index contributed by atoms with van der Waals surface area (Å²) in [5.74, 6) is -0.902. The zero-order chi connectivity index (χ0) is 18.2. The molecule has 1 saturated carbocycles. The average Bonchev–Trinajstić information content (AvgIpc) is 2.54. The third-order valence-electron chi connectivity index (χ3n) is 5.03. The number of piperidine rings is 1. The Kier molecular flexibility index (Phi) is 4.23. The molecule has 3 rings (SSSR count). The van der Waals surface area contributed by atoms with Crippen molar-refractivity contribution in [3.05, 3.63) is 38.4 Å². The number of hydrogen-bond donors (Lipinski definition) is 0. The zero-order valence-corrected chi connectivity index (χ0v) is 13.5. The molecule has 1 aliphatic carbocycles. The van der Waals surface area contributed by atoms with Crippen LogP contribution in [0.25, 0.3) is 0 Å². The van der Waals surface area contributed by atoms with Crippen LogP contribution in [0.3, 0.4) is 0 Å². The second-order valence-corrected chi connectivity index (χ2v) is 6.76. The number of non-ortho nitro benzene ring substituents is 2. The fourth-order valence-electron chi connectivity index (χ4n) is 3.86. The summed E-state index contributed by atoms with van der Waals surface area (Å²) >= 11 is 0. The lowest BCUT2D eigenvalue weighted by atomic mass is 9.67. The Hall–Kier alpha value is -2.84. The Bertz CT molecular complexity index is 717. The first-order valence-corrected chi connectivity index (χ1v) is 8.11. The Morgan fingerprint density at radius 3 is 1.76 bits per heavy atom. The Morgan fingerprint density at radius 2 is 1.32 bits per heavy atom. The van der Waals surface area contributed by atoms with Crippen molar-refractivity contribution in [1.29, 1.82) is 0 Å². The topological polar surface area (TPSA) is 124 Å². The summed E-state index contributed by atoms with van der Waals surface area (Å²) in [5.41, 5.74) is -1.48. The molecule has 0 N–H and O–H groups in total. The van der Waals surface area contributed by atoms with Gasteiger partial charge in [-0.05, 0) is 18.3 Å². The molecule has 0 aromatic heterocycles. The van der Waals surface area contributed by atoms with E-state index in [1.54, 1.807) is 0 Å². The number of imide groups is 1. The summed E-state index contributed by atoms with van der Waals surface area (Å²) < 4.78 is 0. The van der Waals surface area contributed by atoms with E-state index in [1.807, 2.05) is 0 Å². The minimum Gasteiger partial charge on any atom is -0.274 e. The first kappa shape index (κ1) is 17.0. The molecule has 9 heteroatoms. The molecule has 2 amide bonds. The van der Waals surface area contributed by atoms with E-state index in [4.69, 9.17) is 0 Å². The minimum atomic E-state index is -0.780. The van der Waals surface area contributed by atoms with E-state index in [0.29, 0.717) is 0 Å². The van der Waals surface area contributed by atoms with Gasteiger partial charge in [0.25, 0.3) is 11.4 Å². The van der Waals surface area contributed by atoms with E-state index >= 15 is 0 Å². The lowest BCUT2D eigenvalue weighted by Gasteiger charge is -2.42. The molecule has 0 atom stereocenters. The molecule has 1 heterocycles. The second-order valence-electron chi connectivity index (χ2n) is 6.76. The Morgan fingerprint density at radius 1 is 0.840 bits per heavy atom. The largest absolute Gasteiger partial charge is 0.278 e. The third kappa shape index (κ3) is 3.21. The van der Waals surface area contributed by atoms with Crippen molar-refractivity contribution >= 4 is 28.9 Å². The van der Waals surface area contributed by atoms with Gasteiger partial charge in [0.2, 0.25) is 11.8 Å². The van der Waals surface area contributed by atoms with E-state index in [9.17, 15) is 29.8 Å². The van der Waals surface area contributed by atoms with Gasteiger partial charge in [-0.3, -0.25) is 34.7 Å². The number of nitro groups is 2. The van der Waals surface area contributed by atoms with Gasteiger partial charge in [-0.2, -0.15) is 0 Å². The van der Waals surface area contributed by atoms with Crippen LogP contribution < -0.4 is 4.90 Å². The molecule has 132 valence electrons. The standard InChI is InChI=1S/C16H17N3O6/c20-14-9-16(4-2-1-3-5-16)10-15(21)17(14)11-6-12(18(22)23)8-13(7-11)19(24)25/h6-8H,1-5,9-10H2. The van der Waals surface area contributed by atoms with Gasteiger partial charge in [0.1, 0.15) is 0 Å². The summed E-state index contributed by atoms with van der Waals surface area (Å²) in [5, 5.41) is 22.0. The van der Waals surface area contributed by atoms with Crippen LogP contribution in [0.1, 0.15) is 44.9 Å². The van der Waals surface area contributed by atoms with Crippen LogP contribution in [0.2, 0.25) is 0 Å². The fourth-order valence-corrected chi connectivity index (χ4v) is 3.86. The first-order valence-electron chi connectivity index (χ1n) is 8.11. The van der Waals surface area contributed by atoms with Crippen molar-refractivity contribution in [3.8, 4) is 0 Å². The monoisotopic (exact) mass is 347 g/mol. The number of rotatable bonds is 3. The van der Waals surface area contributed by atoms with E-state index in [-0.39, 0.29) is 23.9 Å². The fraction of sp³-hybridized carbons (Fsp3) is 0.500. The number of carbonyl (C=O) groups excluding carboxylic acids is 2. The van der Waals surface area contributed by atoms with Crippen LogP contribution in [-0.4, -0.2) is 21.7 Å². The normalized spacial score (nSPS) is 19.9. The van der Waals surface area contributed by atoms with Crippen LogP contribution in [0.15, 0.2) is 18.2 Å². The smallest absolute Gasteiger partial charge is 0.274 e. The highest BCUT2D eigenvalue weighted by molar-refractivity contribution is 6.17. The molecular formula is C16H17N3O6. The predicted octanol–water partition coefficient (Wildman–Crippen LogP) is 3.11. The van der Waals surface area contributed by atoms with Crippen molar-refractivity contribution in [1.82, 2.24) is 0 Å². The molecular weight excluding hydrogens is 330 g/mol. The molecule has 9 nitrogen and oxygen atoms in total. The van der Waals surface area contributed by atoms with Crippen LogP contribution in [0.4, 0.5) is 17.1 Å². The average molecular weight is 347 g/mol. The molecule has 0 bridgehead atoms. The lowest BCUT2D eigenvalue weighted by molar-refractivity contribution is -0.394. The summed E-state index contributed by atoms with van der Waals surface area (Å²) in [4.78, 5) is 46.5. The molecule has 0 unspecified atom stereocenters. The number of hydrogen-bond acceptors (Lipinski definition) is 6. The van der Waals surface area contributed by atoms with Gasteiger partial charge < -0.3 is 0 Å². The molecule has 2 aliphatic rings. The van der Waals surface area contributed by atoms with Gasteiger partial charge >= 0.3 is 0 Å². The maximum atomic E-state index is 12.6. The highest BCUT2D eigenvalue weighted by Gasteiger charge is 2.45. The third-order valence-corrected chi connectivity index (χ3v) is 5.03. The maximum absolute atomic E-state index is 12.6. The molecule has 1 saturated heterocycles. The first-order chi connectivity index (χ1) is 11.8. The summed E-state index contributed by atoms with van der Waals surface area (Å²) in [6.07, 6.45) is 5.04. The molecule has 1 aromatic carbocycles. The second kappa shape index (κ2) is 6.23. The van der Waals surface area contributed by atoms with Crippen LogP contribution in [0.5, 0.6) is 0 Å². The van der Waals surface area contributed by atoms with Crippen LogP contribution in [0, 0.1) is 25.6 Å². The number of anilines is 1. The number of nitrogens with zero attached hydrogens (tertiary/aromatic N) is 3. The minimum absolute atomic E-state index is 0.110. The van der Waals surface area contributed by atoms with Gasteiger partial charge in [0.05, 0.1) is 21.6 Å². The van der Waals surface area contributed by atoms with E-state index < -0.39 is 33.0 Å². The highest BCUT2D eigenvalue weighted by Crippen LogP contribution is 2.46. The summed E-state index contributed by atoms with van der Waals surface area (Å²) in [7, 11) is 0. The van der Waals surface area contributed by atoms with Gasteiger partial charge in [0, 0.05) is 25.0 Å². The van der Waals surface area contributed by atoms with Gasteiger partial charge in [0.15, 0.2) is 0 Å². The predicted molar refractivity (Wildman–Crippen MR) is 87.0 cm³/mol. The lowest BCUT2D eigenvalue weighted by Crippen LogP contribution is -2.48. The van der Waals surface area contributed by atoms with Crippen molar-refractivity contribution in [2.75, 3.05) is 4.90 Å². The Labute approximate surface area is 142 Å². The summed E-state index contributed by atoms with van der Waals surface area (Å²) in [6.45, 7) is 0. The van der Waals surface area contributed by atoms with E-state index in [1.165, 1.54) is 0 Å². The van der Waals surface area contributed by atoms with Crippen molar-refractivity contribution in [2.24, 2.45) is 5.41 Å². The van der Waals surface area contributed by atoms with Crippen molar-refractivity contribution < 1.29 is 19.4 Å². The highest BCUT2D eigenvalue weighted by atomic mass is 16.6. The van der Waals surface area contributed by atoms with Gasteiger partial charge in [-0.25, -0.2) is 0 Å². The number of carbonyl (C=O) groups is 2. The molecule has 25 heavy (non-hydrogen) atoms. The van der Waals surface area contributed by atoms with Crippen molar-refractivity contribution in [2.45, 2.75) is 44.9 Å².